The molecular formula is C15H21BrO3. The molecule has 0 radical (unpaired) electrons. The van der Waals surface area contributed by atoms with Crippen LogP contribution in [0.5, 0.6) is 11.5 Å². The Kier molecular flexibility index (Phi) is 4.41. The number of benzene rings is 1. The molecule has 0 saturated carbocycles. The lowest BCUT2D eigenvalue weighted by Gasteiger charge is -2.22. The highest BCUT2D eigenvalue weighted by Gasteiger charge is 2.30. The fraction of sp³-hybridized carbons (Fsp3) is 0.600. The molecule has 0 aliphatic carbocycles. The van der Waals surface area contributed by atoms with Crippen LogP contribution in [0.3, 0.4) is 0 Å². The first-order valence-corrected chi connectivity index (χ1v) is 7.55. The summed E-state index contributed by atoms with van der Waals surface area (Å²) in [6.07, 6.45) is 1.04. The van der Waals surface area contributed by atoms with Gasteiger partial charge in [-0.2, -0.15) is 0 Å². The van der Waals surface area contributed by atoms with E-state index in [0.717, 1.165) is 29.9 Å². The summed E-state index contributed by atoms with van der Waals surface area (Å²) in [5.74, 6) is 1.54. The summed E-state index contributed by atoms with van der Waals surface area (Å²) >= 11 is 3.54. The van der Waals surface area contributed by atoms with Crippen molar-refractivity contribution in [1.82, 2.24) is 0 Å². The molecule has 0 N–H and O–H groups in total. The zero-order valence-electron chi connectivity index (χ0n) is 12.0. The predicted molar refractivity (Wildman–Crippen MR) is 79.5 cm³/mol. The van der Waals surface area contributed by atoms with E-state index in [2.05, 4.69) is 35.8 Å². The SMILES string of the molecule is COc1cc2c(cc1OC)C(CBr)OCC(C)(C)C2. The van der Waals surface area contributed by atoms with E-state index in [9.17, 15) is 0 Å². The molecule has 1 aromatic carbocycles. The predicted octanol–water partition coefficient (Wildman–Crippen LogP) is 3.74. The Morgan fingerprint density at radius 3 is 2.47 bits per heavy atom. The number of fused-ring (bicyclic) bond motifs is 1. The molecule has 0 amide bonds. The van der Waals surface area contributed by atoms with E-state index in [0.29, 0.717) is 0 Å². The minimum absolute atomic E-state index is 0.0663. The average molecular weight is 329 g/mol. The van der Waals surface area contributed by atoms with Crippen molar-refractivity contribution in [2.24, 2.45) is 5.41 Å². The number of hydrogen-bond donors (Lipinski definition) is 0. The zero-order valence-corrected chi connectivity index (χ0v) is 13.5. The van der Waals surface area contributed by atoms with Crippen molar-refractivity contribution in [3.05, 3.63) is 23.3 Å². The monoisotopic (exact) mass is 328 g/mol. The van der Waals surface area contributed by atoms with Crippen LogP contribution in [0, 0.1) is 5.41 Å². The smallest absolute Gasteiger partial charge is 0.161 e. The van der Waals surface area contributed by atoms with E-state index in [-0.39, 0.29) is 11.5 Å². The summed E-state index contributed by atoms with van der Waals surface area (Å²) in [4.78, 5) is 0. The van der Waals surface area contributed by atoms with E-state index < -0.39 is 0 Å². The highest BCUT2D eigenvalue weighted by atomic mass is 79.9. The third-order valence-corrected chi connectivity index (χ3v) is 4.06. The number of ether oxygens (including phenoxy) is 3. The van der Waals surface area contributed by atoms with Gasteiger partial charge in [0.2, 0.25) is 0 Å². The van der Waals surface area contributed by atoms with Gasteiger partial charge in [0.1, 0.15) is 0 Å². The van der Waals surface area contributed by atoms with Gasteiger partial charge >= 0.3 is 0 Å². The van der Waals surface area contributed by atoms with Crippen molar-refractivity contribution in [1.29, 1.82) is 0 Å². The molecule has 19 heavy (non-hydrogen) atoms. The number of hydrogen-bond acceptors (Lipinski definition) is 3. The molecule has 0 saturated heterocycles. The van der Waals surface area contributed by atoms with Gasteiger partial charge in [-0.25, -0.2) is 0 Å². The lowest BCUT2D eigenvalue weighted by Crippen LogP contribution is -2.20. The van der Waals surface area contributed by atoms with Crippen molar-refractivity contribution in [2.45, 2.75) is 26.4 Å². The second kappa shape index (κ2) is 5.71. The van der Waals surface area contributed by atoms with E-state index in [1.807, 2.05) is 6.07 Å². The molecule has 1 heterocycles. The number of methoxy groups -OCH3 is 2. The van der Waals surface area contributed by atoms with Crippen LogP contribution < -0.4 is 9.47 Å². The quantitative estimate of drug-likeness (QED) is 0.791. The van der Waals surface area contributed by atoms with E-state index in [4.69, 9.17) is 14.2 Å². The van der Waals surface area contributed by atoms with Crippen molar-refractivity contribution < 1.29 is 14.2 Å². The molecule has 0 spiro atoms. The highest BCUT2D eigenvalue weighted by molar-refractivity contribution is 9.09. The van der Waals surface area contributed by atoms with Gasteiger partial charge in [0.15, 0.2) is 11.5 Å². The van der Waals surface area contributed by atoms with Gasteiger partial charge in [0.05, 0.1) is 26.9 Å². The summed E-state index contributed by atoms with van der Waals surface area (Å²) in [6, 6.07) is 4.13. The van der Waals surface area contributed by atoms with Crippen LogP contribution in [-0.4, -0.2) is 26.2 Å². The molecule has 1 atom stereocenters. The molecule has 1 unspecified atom stereocenters. The molecule has 3 nitrogen and oxygen atoms in total. The average Bonchev–Trinajstić information content (AvgIpc) is 2.51. The van der Waals surface area contributed by atoms with E-state index in [1.165, 1.54) is 11.1 Å². The Balaban J connectivity index is 2.52. The third-order valence-electron chi connectivity index (χ3n) is 3.48. The van der Waals surface area contributed by atoms with E-state index >= 15 is 0 Å². The Morgan fingerprint density at radius 2 is 1.89 bits per heavy atom. The van der Waals surface area contributed by atoms with Gasteiger partial charge in [-0.05, 0) is 35.1 Å². The van der Waals surface area contributed by atoms with Crippen molar-refractivity contribution in [3.63, 3.8) is 0 Å². The minimum Gasteiger partial charge on any atom is -0.493 e. The largest absolute Gasteiger partial charge is 0.493 e. The van der Waals surface area contributed by atoms with Gasteiger partial charge in [-0.15, -0.1) is 0 Å². The van der Waals surface area contributed by atoms with Crippen molar-refractivity contribution in [2.75, 3.05) is 26.2 Å². The van der Waals surface area contributed by atoms with Gasteiger partial charge in [-0.1, -0.05) is 29.8 Å². The fourth-order valence-electron chi connectivity index (χ4n) is 2.50. The van der Waals surface area contributed by atoms with Crippen molar-refractivity contribution in [3.8, 4) is 11.5 Å². The van der Waals surface area contributed by atoms with Crippen molar-refractivity contribution >= 4 is 15.9 Å². The summed E-state index contributed by atoms with van der Waals surface area (Å²) in [6.45, 7) is 5.21. The Labute approximate surface area is 123 Å². The molecule has 0 fully saturated rings. The van der Waals surface area contributed by atoms with Gasteiger partial charge < -0.3 is 14.2 Å². The van der Waals surface area contributed by atoms with Crippen LogP contribution in [-0.2, 0) is 11.2 Å². The number of rotatable bonds is 3. The minimum atomic E-state index is 0.0663. The zero-order chi connectivity index (χ0) is 14.0. The molecule has 106 valence electrons. The molecule has 0 bridgehead atoms. The molecule has 2 rings (SSSR count). The third kappa shape index (κ3) is 3.06. The Morgan fingerprint density at radius 1 is 1.26 bits per heavy atom. The first-order valence-electron chi connectivity index (χ1n) is 6.43. The standard InChI is InChI=1S/C15H21BrO3/c1-15(2)7-10-5-12(17-3)13(18-4)6-11(10)14(8-16)19-9-15/h5-6,14H,7-9H2,1-4H3. The second-order valence-electron chi connectivity index (χ2n) is 5.70. The lowest BCUT2D eigenvalue weighted by atomic mass is 9.85. The van der Waals surface area contributed by atoms with Crippen LogP contribution in [0.4, 0.5) is 0 Å². The van der Waals surface area contributed by atoms with Crippen LogP contribution in [0.15, 0.2) is 12.1 Å². The normalized spacial score (nSPS) is 21.4. The van der Waals surface area contributed by atoms with E-state index in [1.54, 1.807) is 14.2 Å². The van der Waals surface area contributed by atoms with Crippen LogP contribution in [0.2, 0.25) is 0 Å². The summed E-state index contributed by atoms with van der Waals surface area (Å²) in [7, 11) is 3.33. The van der Waals surface area contributed by atoms with Crippen LogP contribution in [0.25, 0.3) is 0 Å². The van der Waals surface area contributed by atoms with Gasteiger partial charge in [-0.3, -0.25) is 0 Å². The maximum absolute atomic E-state index is 6.02. The first kappa shape index (κ1) is 14.7. The maximum Gasteiger partial charge on any atom is 0.161 e. The second-order valence-corrected chi connectivity index (χ2v) is 6.35. The van der Waals surface area contributed by atoms with Crippen LogP contribution in [0.1, 0.15) is 31.1 Å². The Hall–Kier alpha value is -0.740. The maximum atomic E-state index is 6.02. The summed E-state index contributed by atoms with van der Waals surface area (Å²) in [5, 5.41) is 0.783. The van der Waals surface area contributed by atoms with Crippen LogP contribution >= 0.6 is 15.9 Å². The van der Waals surface area contributed by atoms with Gasteiger partial charge in [0, 0.05) is 5.33 Å². The highest BCUT2D eigenvalue weighted by Crippen LogP contribution is 2.40. The topological polar surface area (TPSA) is 27.7 Å². The summed E-state index contributed by atoms with van der Waals surface area (Å²) < 4.78 is 16.8. The fourth-order valence-corrected chi connectivity index (χ4v) is 3.04. The first-order chi connectivity index (χ1) is 9.00. The lowest BCUT2D eigenvalue weighted by molar-refractivity contribution is 0.0233. The number of alkyl halides is 1. The molecule has 4 heteroatoms. The number of halogens is 1. The Bertz CT molecular complexity index is 457. The molecule has 1 aliphatic heterocycles. The molecular weight excluding hydrogens is 308 g/mol. The van der Waals surface area contributed by atoms with Gasteiger partial charge in [0.25, 0.3) is 0 Å². The molecule has 1 aromatic rings. The molecule has 1 aliphatic rings. The summed E-state index contributed by atoms with van der Waals surface area (Å²) in [5.41, 5.74) is 2.61. The molecule has 0 aromatic heterocycles.